The fraction of sp³-hybridized carbons (Fsp3) is 0.750. The Morgan fingerprint density at radius 3 is 2.62 bits per heavy atom. The van der Waals surface area contributed by atoms with Gasteiger partial charge in [-0.05, 0) is 31.5 Å². The first-order valence-electron chi connectivity index (χ1n) is 4.48. The summed E-state index contributed by atoms with van der Waals surface area (Å²) in [6.45, 7) is 4.76. The summed E-state index contributed by atoms with van der Waals surface area (Å²) in [5.41, 5.74) is 5.21. The largest absolute Gasteiger partial charge is 0.362 e. The minimum absolute atomic E-state index is 0.0350. The van der Waals surface area contributed by atoms with Crippen molar-refractivity contribution < 1.29 is 4.79 Å². The molecule has 2 atom stereocenters. The molecule has 1 rings (SSSR count). The second kappa shape index (κ2) is 4.41. The average Bonchev–Trinajstić information content (AvgIpc) is 2.79. The van der Waals surface area contributed by atoms with Gasteiger partial charge in [-0.15, -0.1) is 0 Å². The van der Waals surface area contributed by atoms with E-state index in [1.165, 1.54) is 0 Å². The molecule has 0 bridgehead atoms. The first-order chi connectivity index (χ1) is 6.15. The molecular formula is C8H15N3OS. The van der Waals surface area contributed by atoms with E-state index in [1.807, 2.05) is 6.92 Å². The third kappa shape index (κ3) is 3.18. The van der Waals surface area contributed by atoms with Crippen LogP contribution in [-0.4, -0.2) is 17.6 Å². The number of thiocarbonyl (C=S) groups is 1. The normalized spacial score (nSPS) is 24.8. The standard InChI is InChI=1S/C8H15N3OS/c1-3-9-8(13)11-10-7(12)6-4-5(6)2/h5-6H,3-4H2,1-2H3,(H,10,12)(H2,9,11,13). The predicted molar refractivity (Wildman–Crippen MR) is 54.8 cm³/mol. The van der Waals surface area contributed by atoms with Gasteiger partial charge in [0, 0.05) is 12.5 Å². The highest BCUT2D eigenvalue weighted by Gasteiger charge is 2.39. The van der Waals surface area contributed by atoms with Crippen molar-refractivity contribution in [2.24, 2.45) is 11.8 Å². The summed E-state index contributed by atoms with van der Waals surface area (Å²) in [5.74, 6) is 0.735. The molecular weight excluding hydrogens is 186 g/mol. The fourth-order valence-corrected chi connectivity index (χ4v) is 1.30. The molecule has 1 aliphatic carbocycles. The molecule has 3 N–H and O–H groups in total. The molecule has 13 heavy (non-hydrogen) atoms. The lowest BCUT2D eigenvalue weighted by Gasteiger charge is -2.09. The molecule has 0 aromatic heterocycles. The quantitative estimate of drug-likeness (QED) is 0.440. The number of carbonyl (C=O) groups excluding carboxylic acids is 1. The summed E-state index contributed by atoms with van der Waals surface area (Å²) in [4.78, 5) is 11.3. The van der Waals surface area contributed by atoms with Crippen molar-refractivity contribution in [1.82, 2.24) is 16.2 Å². The van der Waals surface area contributed by atoms with Gasteiger partial charge in [0.25, 0.3) is 0 Å². The van der Waals surface area contributed by atoms with E-state index in [0.29, 0.717) is 11.0 Å². The summed E-state index contributed by atoms with van der Waals surface area (Å²) in [6.07, 6.45) is 0.988. The first kappa shape index (κ1) is 10.2. The van der Waals surface area contributed by atoms with E-state index in [0.717, 1.165) is 13.0 Å². The van der Waals surface area contributed by atoms with Gasteiger partial charge in [-0.1, -0.05) is 6.92 Å². The summed E-state index contributed by atoms with van der Waals surface area (Å²) in [5, 5.41) is 3.34. The lowest BCUT2D eigenvalue weighted by atomic mass is 10.3. The molecule has 0 aliphatic heterocycles. The molecule has 0 saturated heterocycles. The van der Waals surface area contributed by atoms with E-state index < -0.39 is 0 Å². The first-order valence-corrected chi connectivity index (χ1v) is 4.89. The van der Waals surface area contributed by atoms with Crippen LogP contribution in [0.3, 0.4) is 0 Å². The smallest absolute Gasteiger partial charge is 0.241 e. The Bertz CT molecular complexity index is 219. The van der Waals surface area contributed by atoms with Gasteiger partial charge in [0.15, 0.2) is 5.11 Å². The molecule has 1 fully saturated rings. The molecule has 74 valence electrons. The van der Waals surface area contributed by atoms with Crippen molar-refractivity contribution in [3.8, 4) is 0 Å². The third-order valence-corrected chi connectivity index (χ3v) is 2.33. The molecule has 0 aromatic rings. The highest BCUT2D eigenvalue weighted by atomic mass is 32.1. The van der Waals surface area contributed by atoms with E-state index in [4.69, 9.17) is 12.2 Å². The van der Waals surface area contributed by atoms with Crippen LogP contribution in [0.1, 0.15) is 20.3 Å². The van der Waals surface area contributed by atoms with Gasteiger partial charge >= 0.3 is 0 Å². The lowest BCUT2D eigenvalue weighted by Crippen LogP contribution is -2.47. The molecule has 0 aromatic carbocycles. The number of amides is 1. The van der Waals surface area contributed by atoms with Gasteiger partial charge in [0.2, 0.25) is 5.91 Å². The van der Waals surface area contributed by atoms with Crippen LogP contribution in [0.25, 0.3) is 0 Å². The van der Waals surface area contributed by atoms with Crippen LogP contribution in [0, 0.1) is 11.8 Å². The maximum absolute atomic E-state index is 11.3. The zero-order chi connectivity index (χ0) is 9.84. The van der Waals surface area contributed by atoms with Crippen LogP contribution >= 0.6 is 12.2 Å². The van der Waals surface area contributed by atoms with Crippen LogP contribution in [0.2, 0.25) is 0 Å². The average molecular weight is 201 g/mol. The summed E-state index contributed by atoms with van der Waals surface area (Å²) in [7, 11) is 0. The van der Waals surface area contributed by atoms with Crippen LogP contribution in [0.5, 0.6) is 0 Å². The Balaban J connectivity index is 2.11. The van der Waals surface area contributed by atoms with Gasteiger partial charge in [-0.25, -0.2) is 0 Å². The molecule has 0 spiro atoms. The fourth-order valence-electron chi connectivity index (χ4n) is 1.10. The Morgan fingerprint density at radius 2 is 2.15 bits per heavy atom. The molecule has 1 aliphatic rings. The zero-order valence-corrected chi connectivity index (χ0v) is 8.70. The summed E-state index contributed by atoms with van der Waals surface area (Å²) in [6, 6.07) is 0. The van der Waals surface area contributed by atoms with Crippen molar-refractivity contribution in [1.29, 1.82) is 0 Å². The van der Waals surface area contributed by atoms with Crippen LogP contribution in [0.15, 0.2) is 0 Å². The third-order valence-electron chi connectivity index (χ3n) is 2.08. The minimum Gasteiger partial charge on any atom is -0.362 e. The minimum atomic E-state index is 0.0350. The number of hydrogen-bond donors (Lipinski definition) is 3. The number of hydrogen-bond acceptors (Lipinski definition) is 2. The molecule has 4 nitrogen and oxygen atoms in total. The molecule has 0 heterocycles. The van der Waals surface area contributed by atoms with Gasteiger partial charge in [0.05, 0.1) is 0 Å². The van der Waals surface area contributed by atoms with Gasteiger partial charge < -0.3 is 5.32 Å². The van der Waals surface area contributed by atoms with Gasteiger partial charge in [-0.2, -0.15) is 0 Å². The monoisotopic (exact) mass is 201 g/mol. The molecule has 1 saturated carbocycles. The predicted octanol–water partition coefficient (Wildman–Crippen LogP) is 0.158. The summed E-state index contributed by atoms with van der Waals surface area (Å²) >= 11 is 4.87. The Labute approximate surface area is 83.4 Å². The lowest BCUT2D eigenvalue weighted by molar-refractivity contribution is -0.123. The number of hydrazine groups is 1. The van der Waals surface area contributed by atoms with E-state index in [-0.39, 0.29) is 11.8 Å². The maximum Gasteiger partial charge on any atom is 0.241 e. The molecule has 1 amide bonds. The van der Waals surface area contributed by atoms with Crippen LogP contribution in [0.4, 0.5) is 0 Å². The Kier molecular flexibility index (Phi) is 3.48. The highest BCUT2D eigenvalue weighted by molar-refractivity contribution is 7.80. The van der Waals surface area contributed by atoms with Crippen molar-refractivity contribution in [3.63, 3.8) is 0 Å². The molecule has 2 unspecified atom stereocenters. The van der Waals surface area contributed by atoms with Crippen molar-refractivity contribution in [3.05, 3.63) is 0 Å². The molecule has 5 heteroatoms. The Hall–Kier alpha value is -0.840. The zero-order valence-electron chi connectivity index (χ0n) is 7.89. The second-order valence-corrected chi connectivity index (χ2v) is 3.70. The topological polar surface area (TPSA) is 53.2 Å². The number of nitrogens with one attached hydrogen (secondary N) is 3. The van der Waals surface area contributed by atoms with E-state index in [9.17, 15) is 4.79 Å². The van der Waals surface area contributed by atoms with Crippen LogP contribution < -0.4 is 16.2 Å². The summed E-state index contributed by atoms with van der Waals surface area (Å²) < 4.78 is 0. The van der Waals surface area contributed by atoms with Gasteiger partial charge in [-0.3, -0.25) is 15.6 Å². The Morgan fingerprint density at radius 1 is 1.54 bits per heavy atom. The number of carbonyl (C=O) groups is 1. The second-order valence-electron chi connectivity index (χ2n) is 3.29. The SMILES string of the molecule is CCNC(=S)NNC(=O)C1CC1C. The highest BCUT2D eigenvalue weighted by Crippen LogP contribution is 2.37. The van der Waals surface area contributed by atoms with E-state index >= 15 is 0 Å². The number of rotatable bonds is 2. The van der Waals surface area contributed by atoms with Crippen molar-refractivity contribution in [2.75, 3.05) is 6.54 Å². The van der Waals surface area contributed by atoms with Gasteiger partial charge in [0.1, 0.15) is 0 Å². The van der Waals surface area contributed by atoms with Crippen molar-refractivity contribution in [2.45, 2.75) is 20.3 Å². The van der Waals surface area contributed by atoms with E-state index in [2.05, 4.69) is 23.1 Å². The molecule has 0 radical (unpaired) electrons. The van der Waals surface area contributed by atoms with Crippen molar-refractivity contribution >= 4 is 23.2 Å². The maximum atomic E-state index is 11.3. The van der Waals surface area contributed by atoms with Crippen LogP contribution in [-0.2, 0) is 4.79 Å². The van der Waals surface area contributed by atoms with E-state index in [1.54, 1.807) is 0 Å².